The lowest BCUT2D eigenvalue weighted by Gasteiger charge is -2.09. The summed E-state index contributed by atoms with van der Waals surface area (Å²) in [5.74, 6) is 0.373. The quantitative estimate of drug-likeness (QED) is 0.450. The van der Waals surface area contributed by atoms with E-state index >= 15 is 0 Å². The number of nitrogens with zero attached hydrogens (tertiary/aromatic N) is 1. The first-order chi connectivity index (χ1) is 5.07. The number of carbonyl (C=O) groups excluding carboxylic acids is 1. The molecule has 0 fully saturated rings. The third-order valence-corrected chi connectivity index (χ3v) is 1.02. The molecule has 3 heteroatoms. The van der Waals surface area contributed by atoms with Crippen LogP contribution in [0.4, 0.5) is 0 Å². The molecule has 0 unspecified atom stereocenters. The molecule has 0 aromatic heterocycles. The normalized spacial score (nSPS) is 11.1. The summed E-state index contributed by atoms with van der Waals surface area (Å²) >= 11 is 0. The number of carbonyl (C=O) groups is 1. The van der Waals surface area contributed by atoms with E-state index in [4.69, 9.17) is 4.74 Å². The molecule has 0 bridgehead atoms. The monoisotopic (exact) mass is 157 g/mol. The number of hydrogen-bond donors (Lipinski definition) is 0. The minimum atomic E-state index is -0.0412. The lowest BCUT2D eigenvalue weighted by Crippen LogP contribution is -2.09. The zero-order valence-electron chi connectivity index (χ0n) is 7.55. The summed E-state index contributed by atoms with van der Waals surface area (Å²) in [5.41, 5.74) is 0. The Kier molecular flexibility index (Phi) is 4.34. The highest BCUT2D eigenvalue weighted by atomic mass is 16.5. The van der Waals surface area contributed by atoms with Gasteiger partial charge < -0.3 is 9.64 Å². The Morgan fingerprint density at radius 3 is 2.36 bits per heavy atom. The Morgan fingerprint density at radius 1 is 1.55 bits per heavy atom. The van der Waals surface area contributed by atoms with Gasteiger partial charge in [0.05, 0.1) is 6.61 Å². The van der Waals surface area contributed by atoms with E-state index < -0.39 is 0 Å². The molecule has 0 heterocycles. The van der Waals surface area contributed by atoms with Gasteiger partial charge in [-0.25, -0.2) is 0 Å². The summed E-state index contributed by atoms with van der Waals surface area (Å²) in [4.78, 5) is 12.6. The van der Waals surface area contributed by atoms with Crippen LogP contribution >= 0.6 is 0 Å². The topological polar surface area (TPSA) is 29.5 Å². The van der Waals surface area contributed by atoms with Crippen LogP contribution in [-0.4, -0.2) is 31.4 Å². The molecule has 0 spiro atoms. The Balaban J connectivity index is 4.20. The average Bonchev–Trinajstić information content (AvgIpc) is 1.86. The number of ketones is 1. The van der Waals surface area contributed by atoms with E-state index in [1.807, 2.05) is 21.0 Å². The van der Waals surface area contributed by atoms with Gasteiger partial charge in [0, 0.05) is 27.2 Å². The van der Waals surface area contributed by atoms with Crippen molar-refractivity contribution in [1.29, 1.82) is 0 Å². The zero-order chi connectivity index (χ0) is 8.85. The number of rotatable bonds is 4. The van der Waals surface area contributed by atoms with E-state index in [0.29, 0.717) is 12.4 Å². The lowest BCUT2D eigenvalue weighted by molar-refractivity contribution is -0.116. The molecule has 0 aliphatic heterocycles. The van der Waals surface area contributed by atoms with Gasteiger partial charge in [-0.3, -0.25) is 4.79 Å². The summed E-state index contributed by atoms with van der Waals surface area (Å²) in [5, 5.41) is 0. The van der Waals surface area contributed by atoms with Crippen LogP contribution in [0.2, 0.25) is 0 Å². The average molecular weight is 157 g/mol. The molecule has 0 saturated carbocycles. The molecule has 0 aliphatic rings. The van der Waals surface area contributed by atoms with Crippen LogP contribution < -0.4 is 0 Å². The molecule has 0 aliphatic carbocycles. The molecular weight excluding hydrogens is 142 g/mol. The summed E-state index contributed by atoms with van der Waals surface area (Å²) < 4.78 is 5.08. The largest absolute Gasteiger partial charge is 0.489 e. The van der Waals surface area contributed by atoms with Gasteiger partial charge in [-0.15, -0.1) is 0 Å². The van der Waals surface area contributed by atoms with Gasteiger partial charge in [-0.05, 0) is 6.92 Å². The second-order valence-electron chi connectivity index (χ2n) is 2.45. The molecule has 0 radical (unpaired) electrons. The first kappa shape index (κ1) is 10.0. The van der Waals surface area contributed by atoms with E-state index in [2.05, 4.69) is 0 Å². The Morgan fingerprint density at radius 2 is 2.09 bits per heavy atom. The molecule has 0 aromatic rings. The van der Waals surface area contributed by atoms with E-state index in [1.165, 1.54) is 6.92 Å². The van der Waals surface area contributed by atoms with Crippen molar-refractivity contribution in [3.05, 3.63) is 12.0 Å². The van der Waals surface area contributed by atoms with Gasteiger partial charge in [0.2, 0.25) is 0 Å². The smallest absolute Gasteiger partial charge is 0.195 e. The lowest BCUT2D eigenvalue weighted by atomic mass is 10.4. The van der Waals surface area contributed by atoms with Crippen molar-refractivity contribution in [2.45, 2.75) is 13.8 Å². The van der Waals surface area contributed by atoms with Crippen molar-refractivity contribution in [2.24, 2.45) is 0 Å². The molecule has 0 aromatic carbocycles. The molecule has 0 rings (SSSR count). The van der Waals surface area contributed by atoms with E-state index in [0.717, 1.165) is 0 Å². The van der Waals surface area contributed by atoms with E-state index in [9.17, 15) is 4.79 Å². The molecule has 3 nitrogen and oxygen atoms in total. The van der Waals surface area contributed by atoms with Crippen molar-refractivity contribution in [2.75, 3.05) is 20.7 Å². The minimum Gasteiger partial charge on any atom is -0.489 e. The standard InChI is InChI=1S/C8H15NO2/c1-5-11-8(7(2)10)6-9(3)4/h6H,5H2,1-4H3. The predicted molar refractivity (Wildman–Crippen MR) is 44.1 cm³/mol. The number of ether oxygens (including phenoxy) is 1. The fraction of sp³-hybridized carbons (Fsp3) is 0.625. The summed E-state index contributed by atoms with van der Waals surface area (Å²) in [6, 6.07) is 0. The summed E-state index contributed by atoms with van der Waals surface area (Å²) in [7, 11) is 3.70. The minimum absolute atomic E-state index is 0.0412. The van der Waals surface area contributed by atoms with Gasteiger partial charge in [0.25, 0.3) is 0 Å². The molecular formula is C8H15NO2. The Bertz CT molecular complexity index is 161. The van der Waals surface area contributed by atoms with Crippen molar-refractivity contribution in [3.63, 3.8) is 0 Å². The van der Waals surface area contributed by atoms with E-state index in [1.54, 1.807) is 11.1 Å². The fourth-order valence-electron chi connectivity index (χ4n) is 0.620. The number of Topliss-reactive ketones (excluding diaryl/α,β-unsaturated/α-hetero) is 1. The zero-order valence-corrected chi connectivity index (χ0v) is 7.55. The Labute approximate surface area is 67.6 Å². The number of allylic oxidation sites excluding steroid dienone is 1. The van der Waals surface area contributed by atoms with Crippen LogP contribution in [0.3, 0.4) is 0 Å². The Hall–Kier alpha value is -0.990. The van der Waals surface area contributed by atoms with Crippen LogP contribution in [0.15, 0.2) is 12.0 Å². The van der Waals surface area contributed by atoms with Crippen molar-refractivity contribution >= 4 is 5.78 Å². The maximum Gasteiger partial charge on any atom is 0.195 e. The molecule has 11 heavy (non-hydrogen) atoms. The van der Waals surface area contributed by atoms with Gasteiger partial charge in [-0.1, -0.05) is 0 Å². The van der Waals surface area contributed by atoms with Crippen LogP contribution in [0.1, 0.15) is 13.8 Å². The highest BCUT2D eigenvalue weighted by molar-refractivity contribution is 5.91. The van der Waals surface area contributed by atoms with Crippen molar-refractivity contribution in [1.82, 2.24) is 4.90 Å². The second kappa shape index (κ2) is 4.77. The third-order valence-electron chi connectivity index (χ3n) is 1.02. The SMILES string of the molecule is CCOC(=CN(C)C)C(C)=O. The van der Waals surface area contributed by atoms with Gasteiger partial charge >= 0.3 is 0 Å². The highest BCUT2D eigenvalue weighted by Crippen LogP contribution is 1.99. The summed E-state index contributed by atoms with van der Waals surface area (Å²) in [6.45, 7) is 3.87. The van der Waals surface area contributed by atoms with Crippen LogP contribution in [0.25, 0.3) is 0 Å². The maximum atomic E-state index is 10.8. The maximum absolute atomic E-state index is 10.8. The van der Waals surface area contributed by atoms with Crippen LogP contribution in [0.5, 0.6) is 0 Å². The van der Waals surface area contributed by atoms with Crippen molar-refractivity contribution in [3.8, 4) is 0 Å². The number of hydrogen-bond acceptors (Lipinski definition) is 3. The van der Waals surface area contributed by atoms with Crippen molar-refractivity contribution < 1.29 is 9.53 Å². The molecule has 0 atom stereocenters. The predicted octanol–water partition coefficient (Wildman–Crippen LogP) is 1.01. The third kappa shape index (κ3) is 4.42. The molecule has 0 N–H and O–H groups in total. The van der Waals surface area contributed by atoms with Crippen LogP contribution in [0, 0.1) is 0 Å². The molecule has 0 saturated heterocycles. The fourth-order valence-corrected chi connectivity index (χ4v) is 0.620. The molecule has 64 valence electrons. The molecule has 0 amide bonds. The first-order valence-electron chi connectivity index (χ1n) is 3.60. The van der Waals surface area contributed by atoms with Gasteiger partial charge in [0.1, 0.15) is 0 Å². The van der Waals surface area contributed by atoms with Gasteiger partial charge in [-0.2, -0.15) is 0 Å². The van der Waals surface area contributed by atoms with Gasteiger partial charge in [0.15, 0.2) is 11.5 Å². The summed E-state index contributed by atoms with van der Waals surface area (Å²) in [6.07, 6.45) is 1.67. The van der Waals surface area contributed by atoms with E-state index in [-0.39, 0.29) is 5.78 Å². The highest BCUT2D eigenvalue weighted by Gasteiger charge is 2.03. The second-order valence-corrected chi connectivity index (χ2v) is 2.45. The van der Waals surface area contributed by atoms with Crippen LogP contribution in [-0.2, 0) is 9.53 Å². The first-order valence-corrected chi connectivity index (χ1v) is 3.60.